The maximum absolute atomic E-state index is 5.72. The van der Waals surface area contributed by atoms with E-state index in [1.54, 1.807) is 0 Å². The normalized spacial score (nSPS) is 26.5. The second-order valence-corrected chi connectivity index (χ2v) is 5.33. The molecule has 0 N–H and O–H groups in total. The molecule has 2 atom stereocenters. The minimum atomic E-state index is 0.269. The van der Waals surface area contributed by atoms with Gasteiger partial charge in [0.2, 0.25) is 0 Å². The third-order valence-electron chi connectivity index (χ3n) is 4.12. The van der Waals surface area contributed by atoms with Crippen LogP contribution < -0.4 is 0 Å². The lowest BCUT2D eigenvalue weighted by Gasteiger charge is -2.09. The molecule has 1 fully saturated rings. The lowest BCUT2D eigenvalue weighted by atomic mass is 9.94. The molecule has 0 amide bonds. The molecule has 0 heteroatoms. The van der Waals surface area contributed by atoms with Crippen molar-refractivity contribution in [1.29, 1.82) is 0 Å². The minimum absolute atomic E-state index is 0.269. The Morgan fingerprint density at radius 3 is 2.76 bits per heavy atom. The van der Waals surface area contributed by atoms with Gasteiger partial charge in [0, 0.05) is 5.41 Å². The quantitative estimate of drug-likeness (QED) is 0.629. The molecule has 1 aromatic rings. The van der Waals surface area contributed by atoms with Gasteiger partial charge in [-0.05, 0) is 37.2 Å². The zero-order chi connectivity index (χ0) is 12.1. The van der Waals surface area contributed by atoms with Gasteiger partial charge < -0.3 is 0 Å². The zero-order valence-corrected chi connectivity index (χ0v) is 10.8. The number of terminal acetylenes is 1. The maximum Gasteiger partial charge on any atom is 0.0344 e. The summed E-state index contributed by atoms with van der Waals surface area (Å²) in [7, 11) is 0. The van der Waals surface area contributed by atoms with Gasteiger partial charge in [-0.3, -0.25) is 0 Å². The molecular weight excluding hydrogens is 204 g/mol. The minimum Gasteiger partial charge on any atom is -0.120 e. The van der Waals surface area contributed by atoms with Crippen LogP contribution in [0.1, 0.15) is 44.6 Å². The third-order valence-corrected chi connectivity index (χ3v) is 4.12. The fourth-order valence-corrected chi connectivity index (χ4v) is 2.79. The average Bonchev–Trinajstić information content (AvgIpc) is 3.09. The molecule has 0 aromatic heterocycles. The first-order chi connectivity index (χ1) is 8.30. The van der Waals surface area contributed by atoms with Crippen LogP contribution in [0.4, 0.5) is 0 Å². The highest BCUT2D eigenvalue weighted by atomic mass is 14.5. The maximum atomic E-state index is 5.72. The van der Waals surface area contributed by atoms with E-state index in [0.717, 1.165) is 5.92 Å². The first-order valence-corrected chi connectivity index (χ1v) is 6.82. The van der Waals surface area contributed by atoms with Crippen molar-refractivity contribution in [3.05, 3.63) is 35.9 Å². The Kier molecular flexibility index (Phi) is 3.89. The van der Waals surface area contributed by atoms with Gasteiger partial charge in [-0.25, -0.2) is 0 Å². The molecule has 1 aromatic carbocycles. The van der Waals surface area contributed by atoms with Crippen LogP contribution in [-0.4, -0.2) is 0 Å². The van der Waals surface area contributed by atoms with E-state index in [1.165, 1.54) is 44.1 Å². The second kappa shape index (κ2) is 5.41. The number of benzene rings is 1. The molecule has 0 saturated heterocycles. The first kappa shape index (κ1) is 12.2. The largest absolute Gasteiger partial charge is 0.120 e. The van der Waals surface area contributed by atoms with E-state index < -0.39 is 0 Å². The van der Waals surface area contributed by atoms with Crippen LogP contribution in [0, 0.1) is 23.7 Å². The van der Waals surface area contributed by atoms with E-state index >= 15 is 0 Å². The van der Waals surface area contributed by atoms with Gasteiger partial charge in [0.25, 0.3) is 0 Å². The summed E-state index contributed by atoms with van der Waals surface area (Å²) < 4.78 is 0. The van der Waals surface area contributed by atoms with E-state index in [1.807, 2.05) is 0 Å². The molecule has 17 heavy (non-hydrogen) atoms. The molecule has 90 valence electrons. The van der Waals surface area contributed by atoms with Crippen molar-refractivity contribution < 1.29 is 0 Å². The molecule has 0 spiro atoms. The van der Waals surface area contributed by atoms with Gasteiger partial charge in [-0.2, -0.15) is 0 Å². The van der Waals surface area contributed by atoms with E-state index in [2.05, 4.69) is 43.2 Å². The predicted octanol–water partition coefficient (Wildman–Crippen LogP) is 4.45. The molecule has 1 saturated carbocycles. The Hall–Kier alpha value is -1.22. The van der Waals surface area contributed by atoms with Crippen LogP contribution in [0.15, 0.2) is 30.3 Å². The molecule has 1 aliphatic rings. The fourth-order valence-electron chi connectivity index (χ4n) is 2.79. The van der Waals surface area contributed by atoms with Crippen LogP contribution in [-0.2, 0) is 6.42 Å². The van der Waals surface area contributed by atoms with Crippen LogP contribution in [0.5, 0.6) is 0 Å². The number of hydrogen-bond acceptors (Lipinski definition) is 0. The van der Waals surface area contributed by atoms with Crippen molar-refractivity contribution in [2.75, 3.05) is 0 Å². The van der Waals surface area contributed by atoms with Gasteiger partial charge in [0.15, 0.2) is 0 Å². The van der Waals surface area contributed by atoms with Gasteiger partial charge in [-0.1, -0.05) is 56.0 Å². The lowest BCUT2D eigenvalue weighted by Crippen LogP contribution is -2.01. The summed E-state index contributed by atoms with van der Waals surface area (Å²) in [5.74, 6) is 3.85. The first-order valence-electron chi connectivity index (χ1n) is 6.82. The topological polar surface area (TPSA) is 0 Å². The van der Waals surface area contributed by atoms with Crippen molar-refractivity contribution in [3.8, 4) is 12.3 Å². The molecule has 0 heterocycles. The number of hydrogen-bond donors (Lipinski definition) is 0. The Bertz CT molecular complexity index is 384. The summed E-state index contributed by atoms with van der Waals surface area (Å²) in [5, 5.41) is 0. The average molecular weight is 226 g/mol. The molecule has 0 aliphatic heterocycles. The van der Waals surface area contributed by atoms with E-state index in [-0.39, 0.29) is 5.41 Å². The van der Waals surface area contributed by atoms with Crippen molar-refractivity contribution in [1.82, 2.24) is 0 Å². The number of rotatable bonds is 6. The molecule has 0 radical (unpaired) electrons. The van der Waals surface area contributed by atoms with Crippen LogP contribution in [0.2, 0.25) is 0 Å². The molecular formula is C17H22. The van der Waals surface area contributed by atoms with E-state index in [4.69, 9.17) is 6.42 Å². The summed E-state index contributed by atoms with van der Waals surface area (Å²) in [6.45, 7) is 2.24. The SMILES string of the molecule is C#C[C@]1(CCCC)C[C@H]1CCc1ccccc1. The standard InChI is InChI=1S/C17H22/c1-3-5-13-17(4-2)14-16(17)12-11-15-9-7-6-8-10-15/h2,6-10,16H,3,5,11-14H2,1H3/t16-,17+/m1/s1. The molecule has 2 rings (SSSR count). The summed E-state index contributed by atoms with van der Waals surface area (Å²) >= 11 is 0. The van der Waals surface area contributed by atoms with Gasteiger partial charge in [0.05, 0.1) is 0 Å². The van der Waals surface area contributed by atoms with Crippen molar-refractivity contribution in [2.24, 2.45) is 11.3 Å². The smallest absolute Gasteiger partial charge is 0.0344 e. The Morgan fingerprint density at radius 1 is 1.35 bits per heavy atom. The van der Waals surface area contributed by atoms with Gasteiger partial charge >= 0.3 is 0 Å². The molecule has 1 aliphatic carbocycles. The summed E-state index contributed by atoms with van der Waals surface area (Å²) in [6, 6.07) is 10.7. The second-order valence-electron chi connectivity index (χ2n) is 5.33. The summed E-state index contributed by atoms with van der Waals surface area (Å²) in [5.41, 5.74) is 1.71. The molecule has 0 unspecified atom stereocenters. The van der Waals surface area contributed by atoms with E-state index in [0.29, 0.717) is 0 Å². The van der Waals surface area contributed by atoms with Crippen molar-refractivity contribution in [3.63, 3.8) is 0 Å². The summed E-state index contributed by atoms with van der Waals surface area (Å²) in [4.78, 5) is 0. The monoisotopic (exact) mass is 226 g/mol. The number of aryl methyl sites for hydroxylation is 1. The zero-order valence-electron chi connectivity index (χ0n) is 10.8. The van der Waals surface area contributed by atoms with Crippen LogP contribution in [0.25, 0.3) is 0 Å². The predicted molar refractivity (Wildman–Crippen MR) is 73.7 cm³/mol. The van der Waals surface area contributed by atoms with Crippen molar-refractivity contribution >= 4 is 0 Å². The highest BCUT2D eigenvalue weighted by molar-refractivity contribution is 5.21. The Morgan fingerprint density at radius 2 is 2.12 bits per heavy atom. The van der Waals surface area contributed by atoms with Crippen LogP contribution >= 0.6 is 0 Å². The Labute approximate surface area is 105 Å². The highest BCUT2D eigenvalue weighted by Crippen LogP contribution is 2.57. The highest BCUT2D eigenvalue weighted by Gasteiger charge is 2.51. The van der Waals surface area contributed by atoms with Gasteiger partial charge in [0.1, 0.15) is 0 Å². The number of unbranched alkanes of at least 4 members (excludes halogenated alkanes) is 1. The Balaban J connectivity index is 1.81. The summed E-state index contributed by atoms with van der Waals surface area (Å²) in [6.07, 6.45) is 13.2. The van der Waals surface area contributed by atoms with Crippen molar-refractivity contribution in [2.45, 2.75) is 45.4 Å². The molecule has 0 bridgehead atoms. The fraction of sp³-hybridized carbons (Fsp3) is 0.529. The van der Waals surface area contributed by atoms with E-state index in [9.17, 15) is 0 Å². The van der Waals surface area contributed by atoms with Gasteiger partial charge in [-0.15, -0.1) is 6.42 Å². The van der Waals surface area contributed by atoms with Crippen LogP contribution in [0.3, 0.4) is 0 Å². The third kappa shape index (κ3) is 2.91. The lowest BCUT2D eigenvalue weighted by molar-refractivity contribution is 0.494. The molecule has 0 nitrogen and oxygen atoms in total.